The first kappa shape index (κ1) is 20.6. The van der Waals surface area contributed by atoms with E-state index < -0.39 is 10.0 Å². The number of fused-ring (bicyclic) bond motifs is 3. The molecule has 3 aromatic rings. The summed E-state index contributed by atoms with van der Waals surface area (Å²) in [5.41, 5.74) is 3.79. The number of aromatic amines is 1. The molecule has 0 spiro atoms. The topological polar surface area (TPSA) is 88.3 Å². The summed E-state index contributed by atoms with van der Waals surface area (Å²) >= 11 is 0. The van der Waals surface area contributed by atoms with Gasteiger partial charge in [-0.2, -0.15) is 0 Å². The quantitative estimate of drug-likeness (QED) is 0.616. The predicted octanol–water partition coefficient (Wildman–Crippen LogP) is 4.26. The second-order valence-corrected chi connectivity index (χ2v) is 9.79. The van der Waals surface area contributed by atoms with Crippen LogP contribution >= 0.6 is 0 Å². The average molecular weight is 427 g/mol. The number of aromatic nitrogens is 1. The van der Waals surface area contributed by atoms with E-state index in [9.17, 15) is 13.2 Å². The van der Waals surface area contributed by atoms with Crippen LogP contribution in [-0.2, 0) is 23.0 Å². The number of ether oxygens (including phenoxy) is 1. The number of benzene rings is 2. The summed E-state index contributed by atoms with van der Waals surface area (Å²) in [6.07, 6.45) is 2.26. The van der Waals surface area contributed by atoms with E-state index >= 15 is 0 Å². The zero-order chi connectivity index (χ0) is 21.5. The smallest absolute Gasteiger partial charge is 0.241 e. The molecule has 0 saturated carbocycles. The fourth-order valence-corrected chi connectivity index (χ4v) is 5.21. The number of H-pyrrole nitrogens is 1. The van der Waals surface area contributed by atoms with Gasteiger partial charge in [0.25, 0.3) is 0 Å². The van der Waals surface area contributed by atoms with E-state index in [-0.39, 0.29) is 23.3 Å². The summed E-state index contributed by atoms with van der Waals surface area (Å²) in [5.74, 6) is 0.878. The van der Waals surface area contributed by atoms with Crippen LogP contribution in [0.1, 0.15) is 53.9 Å². The minimum Gasteiger partial charge on any atom is -0.491 e. The van der Waals surface area contributed by atoms with Gasteiger partial charge in [-0.1, -0.05) is 12.1 Å². The number of carbonyl (C=O) groups is 1. The molecule has 0 unspecified atom stereocenters. The highest BCUT2D eigenvalue weighted by Gasteiger charge is 2.25. The Balaban J connectivity index is 1.58. The van der Waals surface area contributed by atoms with E-state index in [0.29, 0.717) is 17.5 Å². The molecular weight excluding hydrogens is 400 g/mol. The average Bonchev–Trinajstić information content (AvgIpc) is 3.05. The van der Waals surface area contributed by atoms with Crippen LogP contribution < -0.4 is 9.46 Å². The largest absolute Gasteiger partial charge is 0.491 e. The number of carbonyl (C=O) groups excluding carboxylic acids is 1. The molecule has 158 valence electrons. The molecular formula is C23H26N2O4S. The van der Waals surface area contributed by atoms with Gasteiger partial charge in [-0.15, -0.1) is 0 Å². The summed E-state index contributed by atoms with van der Waals surface area (Å²) in [5, 5.41) is 0.812. The van der Waals surface area contributed by atoms with E-state index in [2.05, 4.69) is 9.71 Å². The number of aryl methyl sites for hydroxylation is 2. The minimum atomic E-state index is -3.71. The summed E-state index contributed by atoms with van der Waals surface area (Å²) in [6, 6.07) is 10.8. The van der Waals surface area contributed by atoms with Crippen molar-refractivity contribution < 1.29 is 17.9 Å². The van der Waals surface area contributed by atoms with Crippen molar-refractivity contribution in [3.63, 3.8) is 0 Å². The SMILES string of the molecule is Cc1cc2c3c([nH]c2cc1S(=O)(=O)NCc1ccc(OC(C)C)cc1)CCCC3=O. The maximum absolute atomic E-state index is 13.0. The molecule has 1 aliphatic rings. The highest BCUT2D eigenvalue weighted by atomic mass is 32.2. The van der Waals surface area contributed by atoms with Gasteiger partial charge >= 0.3 is 0 Å². The molecule has 2 N–H and O–H groups in total. The molecule has 0 fully saturated rings. The Morgan fingerprint density at radius 3 is 2.57 bits per heavy atom. The van der Waals surface area contributed by atoms with Gasteiger partial charge in [0.05, 0.1) is 11.0 Å². The molecule has 6 nitrogen and oxygen atoms in total. The molecule has 0 saturated heterocycles. The van der Waals surface area contributed by atoms with Gasteiger partial charge in [0.2, 0.25) is 10.0 Å². The van der Waals surface area contributed by atoms with E-state index in [1.807, 2.05) is 38.1 Å². The lowest BCUT2D eigenvalue weighted by molar-refractivity contribution is 0.0974. The molecule has 0 aliphatic heterocycles. The second kappa shape index (κ2) is 7.89. The third kappa shape index (κ3) is 4.00. The monoisotopic (exact) mass is 426 g/mol. The molecule has 7 heteroatoms. The Bertz CT molecular complexity index is 1210. The lowest BCUT2D eigenvalue weighted by Crippen LogP contribution is -2.24. The Morgan fingerprint density at radius 2 is 1.87 bits per heavy atom. The Kier molecular flexibility index (Phi) is 5.42. The number of Topliss-reactive ketones (excluding diaryl/α,β-unsaturated/α-hetero) is 1. The van der Waals surface area contributed by atoms with Gasteiger partial charge in [-0.25, -0.2) is 13.1 Å². The van der Waals surface area contributed by atoms with E-state index in [1.165, 1.54) is 0 Å². The van der Waals surface area contributed by atoms with Crippen molar-refractivity contribution in [1.82, 2.24) is 9.71 Å². The Labute approximate surface area is 176 Å². The lowest BCUT2D eigenvalue weighted by atomic mass is 9.94. The number of nitrogens with one attached hydrogen (secondary N) is 2. The highest BCUT2D eigenvalue weighted by Crippen LogP contribution is 2.32. The summed E-state index contributed by atoms with van der Waals surface area (Å²) in [4.78, 5) is 15.8. The Hall–Kier alpha value is -2.64. The number of ketones is 1. The second-order valence-electron chi connectivity index (χ2n) is 8.05. The lowest BCUT2D eigenvalue weighted by Gasteiger charge is -2.12. The first-order valence-corrected chi connectivity index (χ1v) is 11.7. The first-order valence-electron chi connectivity index (χ1n) is 10.2. The molecule has 0 bridgehead atoms. The van der Waals surface area contributed by atoms with Crippen molar-refractivity contribution in [2.75, 3.05) is 0 Å². The number of hydrogen-bond acceptors (Lipinski definition) is 4. The van der Waals surface area contributed by atoms with Crippen LogP contribution in [0.25, 0.3) is 10.9 Å². The molecule has 1 aliphatic carbocycles. The summed E-state index contributed by atoms with van der Waals surface area (Å²) < 4.78 is 34.2. The van der Waals surface area contributed by atoms with Crippen LogP contribution in [0.3, 0.4) is 0 Å². The zero-order valence-corrected chi connectivity index (χ0v) is 18.2. The molecule has 30 heavy (non-hydrogen) atoms. The van der Waals surface area contributed by atoms with Gasteiger partial charge < -0.3 is 9.72 Å². The third-order valence-electron chi connectivity index (χ3n) is 5.33. The molecule has 4 rings (SSSR count). The standard InChI is InChI=1S/C23H26N2O4S/c1-14(2)29-17-9-7-16(8-10-17)13-24-30(27,28)22-12-20-18(11-15(22)3)23-19(25-20)5-4-6-21(23)26/h7-12,14,24-25H,4-6,13H2,1-3H3. The minimum absolute atomic E-state index is 0.0844. The van der Waals surface area contributed by atoms with E-state index in [1.54, 1.807) is 19.1 Å². The van der Waals surface area contributed by atoms with Crippen LogP contribution in [0.4, 0.5) is 0 Å². The number of hydrogen-bond donors (Lipinski definition) is 2. The summed E-state index contributed by atoms with van der Waals surface area (Å²) in [7, 11) is -3.71. The fraction of sp³-hybridized carbons (Fsp3) is 0.348. The Morgan fingerprint density at radius 1 is 1.13 bits per heavy atom. The number of sulfonamides is 1. The van der Waals surface area contributed by atoms with Gasteiger partial charge in [0.1, 0.15) is 5.75 Å². The van der Waals surface area contributed by atoms with Crippen molar-refractivity contribution in [3.8, 4) is 5.75 Å². The van der Waals surface area contributed by atoms with Gasteiger partial charge in [-0.3, -0.25) is 4.79 Å². The zero-order valence-electron chi connectivity index (χ0n) is 17.4. The molecule has 0 atom stereocenters. The van der Waals surface area contributed by atoms with Crippen molar-refractivity contribution in [3.05, 3.63) is 58.8 Å². The van der Waals surface area contributed by atoms with Crippen molar-refractivity contribution in [2.45, 2.75) is 57.6 Å². The molecule has 1 heterocycles. The molecule has 0 amide bonds. The van der Waals surface area contributed by atoms with Gasteiger partial charge in [0.15, 0.2) is 5.78 Å². The van der Waals surface area contributed by atoms with Crippen LogP contribution in [-0.4, -0.2) is 25.3 Å². The summed E-state index contributed by atoms with van der Waals surface area (Å²) in [6.45, 7) is 5.86. The molecule has 0 radical (unpaired) electrons. The first-order chi connectivity index (χ1) is 14.2. The highest BCUT2D eigenvalue weighted by molar-refractivity contribution is 7.89. The van der Waals surface area contributed by atoms with Crippen molar-refractivity contribution in [2.24, 2.45) is 0 Å². The number of rotatable bonds is 6. The predicted molar refractivity (Wildman–Crippen MR) is 117 cm³/mol. The fourth-order valence-electron chi connectivity index (χ4n) is 3.95. The maximum Gasteiger partial charge on any atom is 0.241 e. The maximum atomic E-state index is 13.0. The van der Waals surface area contributed by atoms with Crippen molar-refractivity contribution >= 4 is 26.7 Å². The van der Waals surface area contributed by atoms with Crippen LogP contribution in [0, 0.1) is 6.92 Å². The van der Waals surface area contributed by atoms with Gasteiger partial charge in [0, 0.05) is 35.1 Å². The molecule has 1 aromatic heterocycles. The third-order valence-corrected chi connectivity index (χ3v) is 6.88. The van der Waals surface area contributed by atoms with Crippen LogP contribution in [0.15, 0.2) is 41.3 Å². The van der Waals surface area contributed by atoms with Crippen LogP contribution in [0.5, 0.6) is 5.75 Å². The molecule has 2 aromatic carbocycles. The van der Waals surface area contributed by atoms with Crippen molar-refractivity contribution in [1.29, 1.82) is 0 Å². The van der Waals surface area contributed by atoms with E-state index in [0.717, 1.165) is 40.8 Å². The normalized spacial score (nSPS) is 14.3. The van der Waals surface area contributed by atoms with Gasteiger partial charge in [-0.05, 0) is 69.0 Å². The van der Waals surface area contributed by atoms with Crippen LogP contribution in [0.2, 0.25) is 0 Å². The van der Waals surface area contributed by atoms with E-state index in [4.69, 9.17) is 4.74 Å².